The summed E-state index contributed by atoms with van der Waals surface area (Å²) in [4.78, 5) is 4.48. The number of hydrogen-bond donors (Lipinski definition) is 0. The first-order valence-electron chi connectivity index (χ1n) is 5.40. The topological polar surface area (TPSA) is 26.4 Å². The SMILES string of the molecule is CCCC([O])N1CCN(CC)CC1. The maximum atomic E-state index is 11.6. The van der Waals surface area contributed by atoms with E-state index < -0.39 is 6.23 Å². The Morgan fingerprint density at radius 2 is 1.77 bits per heavy atom. The molecule has 13 heavy (non-hydrogen) atoms. The van der Waals surface area contributed by atoms with Crippen LogP contribution in [-0.4, -0.2) is 48.8 Å². The van der Waals surface area contributed by atoms with Gasteiger partial charge in [0.15, 0.2) is 0 Å². The molecule has 3 heteroatoms. The van der Waals surface area contributed by atoms with Gasteiger partial charge in [-0.1, -0.05) is 20.3 Å². The Labute approximate surface area is 81.3 Å². The molecule has 0 saturated carbocycles. The van der Waals surface area contributed by atoms with Gasteiger partial charge in [-0.2, -0.15) is 0 Å². The first-order chi connectivity index (χ1) is 6.27. The molecule has 1 aliphatic rings. The van der Waals surface area contributed by atoms with Gasteiger partial charge in [0.1, 0.15) is 6.23 Å². The Hall–Kier alpha value is -0.120. The molecule has 0 aromatic heterocycles. The van der Waals surface area contributed by atoms with Crippen LogP contribution in [0.3, 0.4) is 0 Å². The first-order valence-corrected chi connectivity index (χ1v) is 5.40. The van der Waals surface area contributed by atoms with Crippen molar-refractivity contribution in [1.82, 2.24) is 9.80 Å². The summed E-state index contributed by atoms with van der Waals surface area (Å²) in [6, 6.07) is 0. The first kappa shape index (κ1) is 11.0. The maximum absolute atomic E-state index is 11.6. The highest BCUT2D eigenvalue weighted by Gasteiger charge is 2.21. The minimum absolute atomic E-state index is 0.455. The molecule has 0 aromatic carbocycles. The highest BCUT2D eigenvalue weighted by Crippen LogP contribution is 2.08. The van der Waals surface area contributed by atoms with Crippen molar-refractivity contribution in [2.24, 2.45) is 0 Å². The second kappa shape index (κ2) is 5.58. The van der Waals surface area contributed by atoms with Crippen LogP contribution in [0.1, 0.15) is 26.7 Å². The number of hydrogen-bond acceptors (Lipinski definition) is 2. The van der Waals surface area contributed by atoms with Crippen molar-refractivity contribution in [3.63, 3.8) is 0 Å². The Kier molecular flexibility index (Phi) is 4.70. The Morgan fingerprint density at radius 3 is 2.23 bits per heavy atom. The van der Waals surface area contributed by atoms with Crippen molar-refractivity contribution in [3.05, 3.63) is 0 Å². The molecule has 1 unspecified atom stereocenters. The molecule has 1 saturated heterocycles. The summed E-state index contributed by atoms with van der Waals surface area (Å²) in [6.45, 7) is 9.43. The summed E-state index contributed by atoms with van der Waals surface area (Å²) >= 11 is 0. The largest absolute Gasteiger partial charge is 0.301 e. The fraction of sp³-hybridized carbons (Fsp3) is 1.00. The molecular weight excluding hydrogens is 164 g/mol. The lowest BCUT2D eigenvalue weighted by Crippen LogP contribution is -2.49. The molecule has 77 valence electrons. The predicted molar refractivity (Wildman–Crippen MR) is 53.1 cm³/mol. The molecule has 1 heterocycles. The van der Waals surface area contributed by atoms with Crippen LogP contribution in [0.2, 0.25) is 0 Å². The molecule has 1 atom stereocenters. The van der Waals surface area contributed by atoms with E-state index >= 15 is 0 Å². The quantitative estimate of drug-likeness (QED) is 0.657. The lowest BCUT2D eigenvalue weighted by Gasteiger charge is -2.35. The van der Waals surface area contributed by atoms with Gasteiger partial charge in [-0.05, 0) is 13.0 Å². The van der Waals surface area contributed by atoms with Crippen LogP contribution in [0.15, 0.2) is 0 Å². The summed E-state index contributed by atoms with van der Waals surface area (Å²) in [5, 5.41) is 11.6. The van der Waals surface area contributed by atoms with Crippen LogP contribution < -0.4 is 0 Å². The van der Waals surface area contributed by atoms with Crippen molar-refractivity contribution in [2.45, 2.75) is 32.9 Å². The van der Waals surface area contributed by atoms with Gasteiger partial charge in [0.25, 0.3) is 0 Å². The van der Waals surface area contributed by atoms with Crippen LogP contribution in [0, 0.1) is 0 Å². The van der Waals surface area contributed by atoms with E-state index in [9.17, 15) is 5.11 Å². The summed E-state index contributed by atoms with van der Waals surface area (Å²) < 4.78 is 0. The highest BCUT2D eigenvalue weighted by atomic mass is 16.3. The van der Waals surface area contributed by atoms with Crippen LogP contribution >= 0.6 is 0 Å². The van der Waals surface area contributed by atoms with Crippen molar-refractivity contribution in [1.29, 1.82) is 0 Å². The second-order valence-corrected chi connectivity index (χ2v) is 3.71. The van der Waals surface area contributed by atoms with Gasteiger partial charge < -0.3 is 4.90 Å². The standard InChI is InChI=1S/C10H21N2O/c1-3-5-10(13)12-8-6-11(4-2)7-9-12/h10H,3-9H2,1-2H3. The monoisotopic (exact) mass is 185 g/mol. The molecule has 1 radical (unpaired) electrons. The van der Waals surface area contributed by atoms with E-state index in [1.54, 1.807) is 0 Å². The third kappa shape index (κ3) is 3.25. The van der Waals surface area contributed by atoms with Gasteiger partial charge in [-0.15, -0.1) is 0 Å². The van der Waals surface area contributed by atoms with E-state index in [2.05, 4.69) is 23.6 Å². The second-order valence-electron chi connectivity index (χ2n) is 3.71. The molecule has 0 aromatic rings. The molecule has 1 aliphatic heterocycles. The van der Waals surface area contributed by atoms with Crippen LogP contribution in [0.4, 0.5) is 0 Å². The summed E-state index contributed by atoms with van der Waals surface area (Å²) in [7, 11) is 0. The third-order valence-electron chi connectivity index (χ3n) is 2.80. The number of piperazine rings is 1. The van der Waals surface area contributed by atoms with E-state index in [4.69, 9.17) is 0 Å². The molecule has 1 rings (SSSR count). The van der Waals surface area contributed by atoms with Gasteiger partial charge in [-0.25, -0.2) is 5.11 Å². The lowest BCUT2D eigenvalue weighted by molar-refractivity contribution is -0.0720. The molecule has 0 amide bonds. The number of likely N-dealkylation sites (N-methyl/N-ethyl adjacent to an activating group) is 1. The molecule has 0 aliphatic carbocycles. The summed E-state index contributed by atoms with van der Waals surface area (Å²) in [6.07, 6.45) is 1.35. The molecule has 0 N–H and O–H groups in total. The molecular formula is C10H21N2O. The van der Waals surface area contributed by atoms with E-state index in [1.165, 1.54) is 0 Å². The Bertz CT molecular complexity index is 133. The summed E-state index contributed by atoms with van der Waals surface area (Å²) in [5.41, 5.74) is 0. The summed E-state index contributed by atoms with van der Waals surface area (Å²) in [5.74, 6) is 0. The lowest BCUT2D eigenvalue weighted by atomic mass is 10.2. The average Bonchev–Trinajstić information content (AvgIpc) is 2.18. The minimum Gasteiger partial charge on any atom is -0.301 e. The normalized spacial score (nSPS) is 23.3. The van der Waals surface area contributed by atoms with Crippen LogP contribution in [0.25, 0.3) is 0 Å². The van der Waals surface area contributed by atoms with E-state index in [1.807, 2.05) is 0 Å². The van der Waals surface area contributed by atoms with Crippen molar-refractivity contribution in [3.8, 4) is 0 Å². The van der Waals surface area contributed by atoms with Gasteiger partial charge in [0.05, 0.1) is 0 Å². The highest BCUT2D eigenvalue weighted by molar-refractivity contribution is 4.72. The molecule has 3 nitrogen and oxygen atoms in total. The fourth-order valence-corrected chi connectivity index (χ4v) is 1.80. The maximum Gasteiger partial charge on any atom is 0.146 e. The van der Waals surface area contributed by atoms with E-state index in [0.717, 1.165) is 45.6 Å². The van der Waals surface area contributed by atoms with Gasteiger partial charge in [0, 0.05) is 26.2 Å². The van der Waals surface area contributed by atoms with Crippen molar-refractivity contribution >= 4 is 0 Å². The van der Waals surface area contributed by atoms with Crippen LogP contribution in [0.5, 0.6) is 0 Å². The van der Waals surface area contributed by atoms with Crippen molar-refractivity contribution in [2.75, 3.05) is 32.7 Å². The van der Waals surface area contributed by atoms with E-state index in [0.29, 0.717) is 0 Å². The fourth-order valence-electron chi connectivity index (χ4n) is 1.80. The van der Waals surface area contributed by atoms with Gasteiger partial charge in [-0.3, -0.25) is 4.90 Å². The van der Waals surface area contributed by atoms with Crippen LogP contribution in [-0.2, 0) is 5.11 Å². The molecule has 0 spiro atoms. The van der Waals surface area contributed by atoms with E-state index in [-0.39, 0.29) is 0 Å². The zero-order valence-electron chi connectivity index (χ0n) is 8.83. The molecule has 0 bridgehead atoms. The average molecular weight is 185 g/mol. The number of rotatable bonds is 4. The molecule has 1 fully saturated rings. The third-order valence-corrected chi connectivity index (χ3v) is 2.80. The zero-order valence-corrected chi connectivity index (χ0v) is 8.83. The van der Waals surface area contributed by atoms with Gasteiger partial charge >= 0.3 is 0 Å². The van der Waals surface area contributed by atoms with Gasteiger partial charge in [0.2, 0.25) is 0 Å². The Balaban J connectivity index is 2.23. The zero-order chi connectivity index (χ0) is 9.68. The predicted octanol–water partition coefficient (Wildman–Crippen LogP) is 1.18. The minimum atomic E-state index is -0.455. The number of nitrogens with zero attached hydrogens (tertiary/aromatic N) is 2. The van der Waals surface area contributed by atoms with Crippen molar-refractivity contribution < 1.29 is 5.11 Å². The smallest absolute Gasteiger partial charge is 0.146 e. The Morgan fingerprint density at radius 1 is 1.15 bits per heavy atom.